The van der Waals surface area contributed by atoms with Crippen LogP contribution >= 0.6 is 0 Å². The standard InChI is InChI=1S/C28H30N4O3/c1-19-14-20(2)32(31-19)17-23-6-5-7-25(15-23)28(33)30-21(3)24-8-9-26(27(16-24)34-4)35-18-22-10-12-29-13-11-22/h5-16,21H,17-18H2,1-4H3,(H,30,33). The minimum absolute atomic E-state index is 0.135. The zero-order valence-corrected chi connectivity index (χ0v) is 20.5. The fraction of sp³-hybridized carbons (Fsp3) is 0.250. The van der Waals surface area contributed by atoms with E-state index in [4.69, 9.17) is 9.47 Å². The molecule has 0 spiro atoms. The molecule has 0 radical (unpaired) electrons. The lowest BCUT2D eigenvalue weighted by molar-refractivity contribution is 0.0939. The number of hydrogen-bond acceptors (Lipinski definition) is 5. The summed E-state index contributed by atoms with van der Waals surface area (Å²) >= 11 is 0. The third-order valence-corrected chi connectivity index (χ3v) is 5.80. The maximum atomic E-state index is 13.0. The lowest BCUT2D eigenvalue weighted by atomic mass is 10.1. The number of nitrogens with zero attached hydrogens (tertiary/aromatic N) is 3. The molecule has 0 saturated carbocycles. The van der Waals surface area contributed by atoms with E-state index in [-0.39, 0.29) is 11.9 Å². The molecule has 2 heterocycles. The number of hydrogen-bond donors (Lipinski definition) is 1. The Morgan fingerprint density at radius 2 is 1.80 bits per heavy atom. The Hall–Kier alpha value is -4.13. The van der Waals surface area contributed by atoms with Crippen molar-refractivity contribution < 1.29 is 14.3 Å². The number of benzene rings is 2. The highest BCUT2D eigenvalue weighted by Gasteiger charge is 2.15. The highest BCUT2D eigenvalue weighted by Crippen LogP contribution is 2.31. The van der Waals surface area contributed by atoms with Crippen molar-refractivity contribution in [1.29, 1.82) is 0 Å². The Balaban J connectivity index is 1.42. The number of rotatable bonds is 9. The van der Waals surface area contributed by atoms with Crippen molar-refractivity contribution in [3.63, 3.8) is 0 Å². The molecule has 4 rings (SSSR count). The van der Waals surface area contributed by atoms with Crippen molar-refractivity contribution in [2.75, 3.05) is 7.11 Å². The van der Waals surface area contributed by atoms with Gasteiger partial charge in [0.1, 0.15) is 6.61 Å². The molecule has 1 N–H and O–H groups in total. The van der Waals surface area contributed by atoms with Gasteiger partial charge in [-0.15, -0.1) is 0 Å². The number of aryl methyl sites for hydroxylation is 2. The summed E-state index contributed by atoms with van der Waals surface area (Å²) in [7, 11) is 1.61. The zero-order chi connectivity index (χ0) is 24.8. The quantitative estimate of drug-likeness (QED) is 0.372. The summed E-state index contributed by atoms with van der Waals surface area (Å²) in [6.07, 6.45) is 3.47. The van der Waals surface area contributed by atoms with Gasteiger partial charge in [-0.3, -0.25) is 14.5 Å². The van der Waals surface area contributed by atoms with Crippen molar-refractivity contribution >= 4 is 5.91 Å². The summed E-state index contributed by atoms with van der Waals surface area (Å²) in [5.74, 6) is 1.12. The second kappa shape index (κ2) is 10.9. The molecule has 7 heteroatoms. The van der Waals surface area contributed by atoms with Crippen LogP contribution in [0.25, 0.3) is 0 Å². The van der Waals surface area contributed by atoms with Crippen LogP contribution in [-0.4, -0.2) is 27.8 Å². The molecule has 4 aromatic rings. The lowest BCUT2D eigenvalue weighted by Crippen LogP contribution is -2.26. The fourth-order valence-corrected chi connectivity index (χ4v) is 3.90. The number of pyridine rings is 1. The second-order valence-corrected chi connectivity index (χ2v) is 8.53. The third-order valence-electron chi connectivity index (χ3n) is 5.80. The van der Waals surface area contributed by atoms with Gasteiger partial charge in [0.25, 0.3) is 5.91 Å². The van der Waals surface area contributed by atoms with Crippen LogP contribution in [0.2, 0.25) is 0 Å². The summed E-state index contributed by atoms with van der Waals surface area (Å²) in [5.41, 5.74) is 5.65. The molecule has 1 atom stereocenters. The van der Waals surface area contributed by atoms with Crippen LogP contribution in [0.3, 0.4) is 0 Å². The van der Waals surface area contributed by atoms with Gasteiger partial charge in [-0.2, -0.15) is 5.10 Å². The number of nitrogens with one attached hydrogen (secondary N) is 1. The third kappa shape index (κ3) is 6.06. The minimum atomic E-state index is -0.217. The Labute approximate surface area is 205 Å². The molecule has 1 amide bonds. The van der Waals surface area contributed by atoms with E-state index < -0.39 is 0 Å². The van der Waals surface area contributed by atoms with E-state index in [1.165, 1.54) is 0 Å². The second-order valence-electron chi connectivity index (χ2n) is 8.53. The van der Waals surface area contributed by atoms with Crippen molar-refractivity contribution in [2.45, 2.75) is 40.0 Å². The van der Waals surface area contributed by atoms with Gasteiger partial charge in [0.2, 0.25) is 0 Å². The first-order valence-electron chi connectivity index (χ1n) is 11.5. The van der Waals surface area contributed by atoms with Gasteiger partial charge in [0.05, 0.1) is 25.4 Å². The zero-order valence-electron chi connectivity index (χ0n) is 20.5. The maximum absolute atomic E-state index is 13.0. The predicted molar refractivity (Wildman–Crippen MR) is 135 cm³/mol. The van der Waals surface area contributed by atoms with Gasteiger partial charge < -0.3 is 14.8 Å². The molecule has 180 valence electrons. The molecule has 0 aliphatic rings. The highest BCUT2D eigenvalue weighted by molar-refractivity contribution is 5.94. The molecule has 0 bridgehead atoms. The van der Waals surface area contributed by atoms with Gasteiger partial charge in [-0.25, -0.2) is 0 Å². The van der Waals surface area contributed by atoms with Gasteiger partial charge in [-0.1, -0.05) is 18.2 Å². The van der Waals surface area contributed by atoms with Crippen LogP contribution in [-0.2, 0) is 13.2 Å². The number of methoxy groups -OCH3 is 1. The van der Waals surface area contributed by atoms with Gasteiger partial charge in [0, 0.05) is 23.7 Å². The van der Waals surface area contributed by atoms with E-state index in [1.54, 1.807) is 19.5 Å². The smallest absolute Gasteiger partial charge is 0.251 e. The topological polar surface area (TPSA) is 78.3 Å². The largest absolute Gasteiger partial charge is 0.493 e. The SMILES string of the molecule is COc1cc(C(C)NC(=O)c2cccc(Cn3nc(C)cc3C)c2)ccc1OCc1ccncc1. The average Bonchev–Trinajstić information content (AvgIpc) is 3.19. The minimum Gasteiger partial charge on any atom is -0.493 e. The molecule has 2 aromatic heterocycles. The molecular formula is C28H30N4O3. The van der Waals surface area contributed by atoms with E-state index in [0.717, 1.165) is 28.1 Å². The number of aromatic nitrogens is 3. The van der Waals surface area contributed by atoms with Crippen LogP contribution in [0.1, 0.15) is 51.4 Å². The van der Waals surface area contributed by atoms with Gasteiger partial charge in [0.15, 0.2) is 11.5 Å². The van der Waals surface area contributed by atoms with E-state index in [9.17, 15) is 4.79 Å². The average molecular weight is 471 g/mol. The normalized spacial score (nSPS) is 11.7. The molecule has 1 unspecified atom stereocenters. The number of ether oxygens (including phenoxy) is 2. The molecule has 0 fully saturated rings. The Morgan fingerprint density at radius 3 is 2.51 bits per heavy atom. The number of carbonyl (C=O) groups is 1. The number of carbonyl (C=O) groups excluding carboxylic acids is 1. The van der Waals surface area contributed by atoms with E-state index in [2.05, 4.69) is 15.4 Å². The summed E-state index contributed by atoms with van der Waals surface area (Å²) in [6.45, 7) is 6.99. The van der Waals surface area contributed by atoms with Crippen LogP contribution in [0, 0.1) is 13.8 Å². The number of amides is 1. The molecular weight excluding hydrogens is 440 g/mol. The maximum Gasteiger partial charge on any atom is 0.251 e. The van der Waals surface area contributed by atoms with Crippen LogP contribution in [0.4, 0.5) is 0 Å². The van der Waals surface area contributed by atoms with E-state index in [0.29, 0.717) is 30.2 Å². The summed E-state index contributed by atoms with van der Waals surface area (Å²) < 4.78 is 13.4. The van der Waals surface area contributed by atoms with Crippen LogP contribution in [0.5, 0.6) is 11.5 Å². The Kier molecular flexibility index (Phi) is 7.45. The molecule has 0 aliphatic heterocycles. The van der Waals surface area contributed by atoms with E-state index >= 15 is 0 Å². The van der Waals surface area contributed by atoms with Crippen LogP contribution < -0.4 is 14.8 Å². The first-order chi connectivity index (χ1) is 16.9. The lowest BCUT2D eigenvalue weighted by Gasteiger charge is -2.17. The van der Waals surface area contributed by atoms with Crippen LogP contribution in [0.15, 0.2) is 73.1 Å². The summed E-state index contributed by atoms with van der Waals surface area (Å²) in [4.78, 5) is 17.0. The molecule has 7 nitrogen and oxygen atoms in total. The summed E-state index contributed by atoms with van der Waals surface area (Å²) in [6, 6.07) is 19.0. The highest BCUT2D eigenvalue weighted by atomic mass is 16.5. The fourth-order valence-electron chi connectivity index (χ4n) is 3.90. The molecule has 0 saturated heterocycles. The molecule has 0 aliphatic carbocycles. The Bertz CT molecular complexity index is 1300. The first kappa shape index (κ1) is 24.0. The van der Waals surface area contributed by atoms with Crippen molar-refractivity contribution in [3.8, 4) is 11.5 Å². The summed E-state index contributed by atoms with van der Waals surface area (Å²) in [5, 5.41) is 7.60. The Morgan fingerprint density at radius 1 is 1.00 bits per heavy atom. The monoisotopic (exact) mass is 470 g/mol. The predicted octanol–water partition coefficient (Wildman–Crippen LogP) is 5.02. The van der Waals surface area contributed by atoms with Gasteiger partial charge in [-0.05, 0) is 79.9 Å². The van der Waals surface area contributed by atoms with Crippen molar-refractivity contribution in [2.24, 2.45) is 0 Å². The van der Waals surface area contributed by atoms with Crippen molar-refractivity contribution in [3.05, 3.63) is 107 Å². The molecule has 35 heavy (non-hydrogen) atoms. The van der Waals surface area contributed by atoms with Crippen molar-refractivity contribution in [1.82, 2.24) is 20.1 Å². The van der Waals surface area contributed by atoms with E-state index in [1.807, 2.05) is 86.1 Å². The first-order valence-corrected chi connectivity index (χ1v) is 11.5. The van der Waals surface area contributed by atoms with Gasteiger partial charge >= 0.3 is 0 Å². The molecule has 2 aromatic carbocycles.